The van der Waals surface area contributed by atoms with Crippen molar-refractivity contribution in [2.75, 3.05) is 6.61 Å². The maximum atomic E-state index is 12.0. The summed E-state index contributed by atoms with van der Waals surface area (Å²) < 4.78 is 0. The van der Waals surface area contributed by atoms with Gasteiger partial charge in [-0.15, -0.1) is 0 Å². The second-order valence-corrected chi connectivity index (χ2v) is 4.78. The van der Waals surface area contributed by atoms with Gasteiger partial charge in [0.05, 0.1) is 0 Å². The van der Waals surface area contributed by atoms with Crippen LogP contribution in [0, 0.1) is 24.7 Å². The second-order valence-electron chi connectivity index (χ2n) is 4.78. The van der Waals surface area contributed by atoms with Gasteiger partial charge in [-0.3, -0.25) is 4.79 Å². The zero-order valence-electron chi connectivity index (χ0n) is 10.7. The molecular weight excluding hydrogens is 226 g/mol. The molecule has 3 nitrogen and oxygen atoms in total. The van der Waals surface area contributed by atoms with Crippen LogP contribution in [0.15, 0.2) is 18.2 Å². The molecule has 1 fully saturated rings. The summed E-state index contributed by atoms with van der Waals surface area (Å²) in [5, 5.41) is 11.7. The zero-order chi connectivity index (χ0) is 13.1. The van der Waals surface area contributed by atoms with Gasteiger partial charge in [0, 0.05) is 17.2 Å². The SMILES string of the molecule is Cc1ccc(C(=O)NC2CC2C)cc1C#CCO. The third-order valence-electron chi connectivity index (χ3n) is 3.23. The average Bonchev–Trinajstić information content (AvgIpc) is 3.03. The summed E-state index contributed by atoms with van der Waals surface area (Å²) in [6.07, 6.45) is 1.06. The number of aryl methyl sites for hydroxylation is 1. The van der Waals surface area contributed by atoms with Crippen molar-refractivity contribution in [1.82, 2.24) is 5.32 Å². The smallest absolute Gasteiger partial charge is 0.251 e. The number of rotatable bonds is 2. The first-order valence-electron chi connectivity index (χ1n) is 6.13. The van der Waals surface area contributed by atoms with Crippen LogP contribution >= 0.6 is 0 Å². The van der Waals surface area contributed by atoms with Crippen molar-refractivity contribution in [1.29, 1.82) is 0 Å². The van der Waals surface area contributed by atoms with E-state index in [9.17, 15) is 4.79 Å². The maximum Gasteiger partial charge on any atom is 0.251 e. The number of benzene rings is 1. The molecular formula is C15H17NO2. The lowest BCUT2D eigenvalue weighted by atomic mass is 10.0. The molecule has 2 N–H and O–H groups in total. The maximum absolute atomic E-state index is 12.0. The minimum absolute atomic E-state index is 0.0450. The lowest BCUT2D eigenvalue weighted by Crippen LogP contribution is -2.26. The van der Waals surface area contributed by atoms with Crippen LogP contribution in [0.25, 0.3) is 0 Å². The molecule has 0 saturated heterocycles. The fourth-order valence-corrected chi connectivity index (χ4v) is 1.81. The highest BCUT2D eigenvalue weighted by molar-refractivity contribution is 5.95. The van der Waals surface area contributed by atoms with Gasteiger partial charge in [-0.1, -0.05) is 24.8 Å². The summed E-state index contributed by atoms with van der Waals surface area (Å²) in [6.45, 7) is 3.89. The minimum Gasteiger partial charge on any atom is -0.384 e. The highest BCUT2D eigenvalue weighted by Gasteiger charge is 2.33. The standard InChI is InChI=1S/C15H17NO2/c1-10-5-6-13(9-12(10)4-3-7-17)15(18)16-14-8-11(14)2/h5-6,9,11,14,17H,7-8H2,1-2H3,(H,16,18). The van der Waals surface area contributed by atoms with Crippen molar-refractivity contribution in [2.45, 2.75) is 26.3 Å². The van der Waals surface area contributed by atoms with Crippen molar-refractivity contribution in [3.05, 3.63) is 34.9 Å². The van der Waals surface area contributed by atoms with E-state index in [0.29, 0.717) is 17.5 Å². The molecule has 2 unspecified atom stereocenters. The van der Waals surface area contributed by atoms with Crippen LogP contribution in [0.5, 0.6) is 0 Å². The van der Waals surface area contributed by atoms with Gasteiger partial charge >= 0.3 is 0 Å². The fraction of sp³-hybridized carbons (Fsp3) is 0.400. The molecule has 1 amide bonds. The molecule has 18 heavy (non-hydrogen) atoms. The number of amides is 1. The van der Waals surface area contributed by atoms with E-state index in [-0.39, 0.29) is 12.5 Å². The first-order chi connectivity index (χ1) is 8.61. The van der Waals surface area contributed by atoms with E-state index in [1.165, 1.54) is 0 Å². The van der Waals surface area contributed by atoms with Crippen molar-refractivity contribution in [3.63, 3.8) is 0 Å². The van der Waals surface area contributed by atoms with Crippen molar-refractivity contribution >= 4 is 5.91 Å². The van der Waals surface area contributed by atoms with E-state index in [1.807, 2.05) is 19.1 Å². The molecule has 1 aromatic rings. The van der Waals surface area contributed by atoms with Gasteiger partial charge in [0.25, 0.3) is 5.91 Å². The molecule has 0 spiro atoms. The molecule has 0 radical (unpaired) electrons. The normalized spacial score (nSPS) is 20.8. The molecule has 2 atom stereocenters. The van der Waals surface area contributed by atoms with Crippen LogP contribution in [-0.4, -0.2) is 23.7 Å². The van der Waals surface area contributed by atoms with E-state index >= 15 is 0 Å². The predicted octanol–water partition coefficient (Wildman–Crippen LogP) is 1.48. The Morgan fingerprint density at radius 2 is 2.28 bits per heavy atom. The summed E-state index contributed by atoms with van der Waals surface area (Å²) in [7, 11) is 0. The van der Waals surface area contributed by atoms with Gasteiger partial charge < -0.3 is 10.4 Å². The fourth-order valence-electron chi connectivity index (χ4n) is 1.81. The number of aliphatic hydroxyl groups is 1. The molecule has 94 valence electrons. The van der Waals surface area contributed by atoms with Gasteiger partial charge in [0.2, 0.25) is 0 Å². The van der Waals surface area contributed by atoms with E-state index in [1.54, 1.807) is 6.07 Å². The van der Waals surface area contributed by atoms with Gasteiger partial charge in [-0.2, -0.15) is 0 Å². The Morgan fingerprint density at radius 1 is 1.56 bits per heavy atom. The van der Waals surface area contributed by atoms with Crippen molar-refractivity contribution < 1.29 is 9.90 Å². The third-order valence-corrected chi connectivity index (χ3v) is 3.23. The number of hydrogen-bond acceptors (Lipinski definition) is 2. The molecule has 0 bridgehead atoms. The van der Waals surface area contributed by atoms with E-state index in [2.05, 4.69) is 24.1 Å². The van der Waals surface area contributed by atoms with E-state index in [0.717, 1.165) is 17.5 Å². The van der Waals surface area contributed by atoms with Crippen LogP contribution in [-0.2, 0) is 0 Å². The zero-order valence-corrected chi connectivity index (χ0v) is 10.7. The number of nitrogens with one attached hydrogen (secondary N) is 1. The molecule has 1 saturated carbocycles. The molecule has 1 aromatic carbocycles. The van der Waals surface area contributed by atoms with Crippen LogP contribution in [0.4, 0.5) is 0 Å². The van der Waals surface area contributed by atoms with Crippen molar-refractivity contribution in [2.24, 2.45) is 5.92 Å². The lowest BCUT2D eigenvalue weighted by Gasteiger charge is -2.06. The second kappa shape index (κ2) is 5.24. The van der Waals surface area contributed by atoms with Crippen molar-refractivity contribution in [3.8, 4) is 11.8 Å². The topological polar surface area (TPSA) is 49.3 Å². The van der Waals surface area contributed by atoms with Crippen LogP contribution < -0.4 is 5.32 Å². The molecule has 0 aromatic heterocycles. The Labute approximate surface area is 107 Å². The van der Waals surface area contributed by atoms with Crippen LogP contribution in [0.2, 0.25) is 0 Å². The third kappa shape index (κ3) is 2.91. The summed E-state index contributed by atoms with van der Waals surface area (Å²) in [6, 6.07) is 5.79. The number of carbonyl (C=O) groups is 1. The largest absolute Gasteiger partial charge is 0.384 e. The van der Waals surface area contributed by atoms with E-state index in [4.69, 9.17) is 5.11 Å². The first-order valence-corrected chi connectivity index (χ1v) is 6.13. The van der Waals surface area contributed by atoms with Crippen LogP contribution in [0.3, 0.4) is 0 Å². The summed E-state index contributed by atoms with van der Waals surface area (Å²) in [5.74, 6) is 6.01. The molecule has 1 aliphatic rings. The summed E-state index contributed by atoms with van der Waals surface area (Å²) in [5.41, 5.74) is 2.43. The average molecular weight is 243 g/mol. The monoisotopic (exact) mass is 243 g/mol. The number of aliphatic hydroxyl groups excluding tert-OH is 1. The molecule has 0 aliphatic heterocycles. The molecule has 1 aliphatic carbocycles. The number of hydrogen-bond donors (Lipinski definition) is 2. The Morgan fingerprint density at radius 3 is 2.89 bits per heavy atom. The van der Waals surface area contributed by atoms with E-state index < -0.39 is 0 Å². The Hall–Kier alpha value is -1.79. The van der Waals surface area contributed by atoms with Gasteiger partial charge in [0.15, 0.2) is 0 Å². The quantitative estimate of drug-likeness (QED) is 0.773. The Balaban J connectivity index is 2.15. The number of carbonyl (C=O) groups excluding carboxylic acids is 1. The summed E-state index contributed by atoms with van der Waals surface area (Å²) in [4.78, 5) is 12.0. The first kappa shape index (κ1) is 12.7. The van der Waals surface area contributed by atoms with Gasteiger partial charge in [-0.25, -0.2) is 0 Å². The van der Waals surface area contributed by atoms with Gasteiger partial charge in [0.1, 0.15) is 6.61 Å². The Bertz CT molecular complexity index is 525. The lowest BCUT2D eigenvalue weighted by molar-refractivity contribution is 0.0949. The predicted molar refractivity (Wildman–Crippen MR) is 70.2 cm³/mol. The molecule has 0 heterocycles. The highest BCUT2D eigenvalue weighted by atomic mass is 16.2. The summed E-state index contributed by atoms with van der Waals surface area (Å²) >= 11 is 0. The van der Waals surface area contributed by atoms with Gasteiger partial charge in [-0.05, 0) is 37.0 Å². The minimum atomic E-state index is -0.171. The Kier molecular flexibility index (Phi) is 3.69. The van der Waals surface area contributed by atoms with Crippen LogP contribution in [0.1, 0.15) is 34.8 Å². The molecule has 2 rings (SSSR count). The highest BCUT2D eigenvalue weighted by Crippen LogP contribution is 2.29. The molecule has 3 heteroatoms.